The molecule has 1 atom stereocenters. The zero-order valence-electron chi connectivity index (χ0n) is 10.5. The van der Waals surface area contributed by atoms with E-state index < -0.39 is 0 Å². The maximum atomic E-state index is 5.82. The van der Waals surface area contributed by atoms with Crippen molar-refractivity contribution in [2.45, 2.75) is 19.4 Å². The molecule has 1 unspecified atom stereocenters. The molecule has 6 heteroatoms. The number of thiophene rings is 1. The van der Waals surface area contributed by atoms with E-state index in [2.05, 4.69) is 40.1 Å². The first-order chi connectivity index (χ1) is 9.24. The molecule has 0 saturated heterocycles. The summed E-state index contributed by atoms with van der Waals surface area (Å²) < 4.78 is 4.76. The van der Waals surface area contributed by atoms with Crippen LogP contribution < -0.4 is 11.1 Å². The van der Waals surface area contributed by atoms with E-state index in [4.69, 9.17) is 10.4 Å². The number of hydrogen-bond acceptors (Lipinski definition) is 6. The van der Waals surface area contributed by atoms with Crippen LogP contribution >= 0.6 is 11.3 Å². The maximum Gasteiger partial charge on any atom is 0.160 e. The van der Waals surface area contributed by atoms with E-state index in [9.17, 15) is 0 Å². The van der Waals surface area contributed by atoms with E-state index in [1.54, 1.807) is 11.3 Å². The number of nitrogens with two attached hydrogens (primary N) is 1. The van der Waals surface area contributed by atoms with Crippen LogP contribution in [0.25, 0.3) is 11.0 Å². The SMILES string of the molecule is CC(Cc1cccs1)Nc1ccc(N)c2nonc12. The number of fused-ring (bicyclic) bond motifs is 1. The van der Waals surface area contributed by atoms with E-state index in [0.29, 0.717) is 22.8 Å². The summed E-state index contributed by atoms with van der Waals surface area (Å²) in [4.78, 5) is 1.35. The highest BCUT2D eigenvalue weighted by atomic mass is 32.1. The second-order valence-electron chi connectivity index (χ2n) is 4.49. The highest BCUT2D eigenvalue weighted by Crippen LogP contribution is 2.26. The molecule has 0 radical (unpaired) electrons. The average molecular weight is 274 g/mol. The highest BCUT2D eigenvalue weighted by Gasteiger charge is 2.12. The Labute approximate surface area is 114 Å². The molecule has 98 valence electrons. The predicted molar refractivity (Wildman–Crippen MR) is 77.3 cm³/mol. The van der Waals surface area contributed by atoms with Gasteiger partial charge < -0.3 is 11.1 Å². The van der Waals surface area contributed by atoms with Gasteiger partial charge in [-0.05, 0) is 40.8 Å². The van der Waals surface area contributed by atoms with E-state index in [1.807, 2.05) is 12.1 Å². The Balaban J connectivity index is 1.81. The normalized spacial score (nSPS) is 12.7. The van der Waals surface area contributed by atoms with E-state index in [1.165, 1.54) is 4.88 Å². The van der Waals surface area contributed by atoms with Crippen molar-refractivity contribution < 1.29 is 4.63 Å². The van der Waals surface area contributed by atoms with E-state index in [-0.39, 0.29) is 0 Å². The Kier molecular flexibility index (Phi) is 3.08. The van der Waals surface area contributed by atoms with Gasteiger partial charge in [-0.15, -0.1) is 11.3 Å². The van der Waals surface area contributed by atoms with Crippen molar-refractivity contribution in [1.82, 2.24) is 10.3 Å². The molecule has 0 aliphatic heterocycles. The summed E-state index contributed by atoms with van der Waals surface area (Å²) in [5.74, 6) is 0. The summed E-state index contributed by atoms with van der Waals surface area (Å²) in [6.45, 7) is 2.13. The highest BCUT2D eigenvalue weighted by molar-refractivity contribution is 7.09. The fourth-order valence-corrected chi connectivity index (χ4v) is 2.88. The smallest absolute Gasteiger partial charge is 0.160 e. The number of rotatable bonds is 4. The second kappa shape index (κ2) is 4.89. The molecule has 0 aliphatic rings. The number of benzene rings is 1. The van der Waals surface area contributed by atoms with Crippen molar-refractivity contribution in [3.63, 3.8) is 0 Å². The quantitative estimate of drug-likeness (QED) is 0.715. The van der Waals surface area contributed by atoms with Gasteiger partial charge in [-0.3, -0.25) is 0 Å². The topological polar surface area (TPSA) is 77.0 Å². The van der Waals surface area contributed by atoms with Gasteiger partial charge in [0.25, 0.3) is 0 Å². The lowest BCUT2D eigenvalue weighted by Crippen LogP contribution is -2.17. The lowest BCUT2D eigenvalue weighted by Gasteiger charge is -2.14. The van der Waals surface area contributed by atoms with Crippen LogP contribution in [-0.2, 0) is 6.42 Å². The molecule has 5 nitrogen and oxygen atoms in total. The average Bonchev–Trinajstić information content (AvgIpc) is 3.03. The minimum Gasteiger partial charge on any atom is -0.397 e. The van der Waals surface area contributed by atoms with Gasteiger partial charge in [0, 0.05) is 17.3 Å². The summed E-state index contributed by atoms with van der Waals surface area (Å²) in [5.41, 5.74) is 8.58. The fourth-order valence-electron chi connectivity index (χ4n) is 2.05. The van der Waals surface area contributed by atoms with Crippen molar-refractivity contribution in [2.24, 2.45) is 0 Å². The van der Waals surface area contributed by atoms with Crippen LogP contribution in [-0.4, -0.2) is 16.4 Å². The first-order valence-electron chi connectivity index (χ1n) is 6.03. The van der Waals surface area contributed by atoms with E-state index >= 15 is 0 Å². The molecular weight excluding hydrogens is 260 g/mol. The molecule has 3 N–H and O–H groups in total. The molecule has 19 heavy (non-hydrogen) atoms. The lowest BCUT2D eigenvalue weighted by molar-refractivity contribution is 0.315. The summed E-state index contributed by atoms with van der Waals surface area (Å²) in [6.07, 6.45) is 0.967. The summed E-state index contributed by atoms with van der Waals surface area (Å²) in [5, 5.41) is 13.2. The van der Waals surface area contributed by atoms with Gasteiger partial charge in [0.15, 0.2) is 11.0 Å². The van der Waals surface area contributed by atoms with Crippen LogP contribution in [0.15, 0.2) is 34.3 Å². The molecule has 0 amide bonds. The molecular formula is C13H14N4OS. The number of anilines is 2. The molecule has 0 aliphatic carbocycles. The Hall–Kier alpha value is -2.08. The van der Waals surface area contributed by atoms with Gasteiger partial charge in [-0.25, -0.2) is 4.63 Å². The Morgan fingerprint density at radius 3 is 2.95 bits per heavy atom. The third-order valence-electron chi connectivity index (χ3n) is 2.94. The first-order valence-corrected chi connectivity index (χ1v) is 6.91. The van der Waals surface area contributed by atoms with Crippen molar-refractivity contribution in [1.29, 1.82) is 0 Å². The Morgan fingerprint density at radius 1 is 1.32 bits per heavy atom. The van der Waals surface area contributed by atoms with Gasteiger partial charge >= 0.3 is 0 Å². The standard InChI is InChI=1S/C13H14N4OS/c1-8(7-9-3-2-6-19-9)15-11-5-4-10(14)12-13(11)17-18-16-12/h2-6,8,15H,7,14H2,1H3. The monoisotopic (exact) mass is 274 g/mol. The van der Waals surface area contributed by atoms with Crippen molar-refractivity contribution in [3.05, 3.63) is 34.5 Å². The van der Waals surface area contributed by atoms with Gasteiger partial charge in [-0.1, -0.05) is 6.07 Å². The summed E-state index contributed by atoms with van der Waals surface area (Å²) in [6, 6.07) is 8.22. The minimum atomic E-state index is 0.294. The Bertz CT molecular complexity index is 677. The lowest BCUT2D eigenvalue weighted by atomic mass is 10.1. The molecule has 2 aromatic heterocycles. The molecule has 3 aromatic rings. The molecule has 0 saturated carbocycles. The van der Waals surface area contributed by atoms with Crippen molar-refractivity contribution in [3.8, 4) is 0 Å². The van der Waals surface area contributed by atoms with Crippen molar-refractivity contribution in [2.75, 3.05) is 11.1 Å². The van der Waals surface area contributed by atoms with Gasteiger partial charge in [-0.2, -0.15) is 0 Å². The van der Waals surface area contributed by atoms with Crippen LogP contribution in [0.2, 0.25) is 0 Å². The number of hydrogen-bond donors (Lipinski definition) is 2. The second-order valence-corrected chi connectivity index (χ2v) is 5.52. The Morgan fingerprint density at radius 2 is 2.16 bits per heavy atom. The number of nitrogen functional groups attached to an aromatic ring is 1. The van der Waals surface area contributed by atoms with Crippen LogP contribution in [0.1, 0.15) is 11.8 Å². The van der Waals surface area contributed by atoms with E-state index in [0.717, 1.165) is 12.1 Å². The minimum absolute atomic E-state index is 0.294. The fraction of sp³-hybridized carbons (Fsp3) is 0.231. The molecule has 0 fully saturated rings. The number of nitrogens with one attached hydrogen (secondary N) is 1. The molecule has 3 rings (SSSR count). The third kappa shape index (κ3) is 2.39. The predicted octanol–water partition coefficient (Wildman–Crippen LogP) is 2.91. The van der Waals surface area contributed by atoms with Crippen molar-refractivity contribution >= 4 is 33.7 Å². The summed E-state index contributed by atoms with van der Waals surface area (Å²) in [7, 11) is 0. The maximum absolute atomic E-state index is 5.82. The molecule has 2 heterocycles. The van der Waals surface area contributed by atoms with Crippen LogP contribution in [0, 0.1) is 0 Å². The van der Waals surface area contributed by atoms with Crippen LogP contribution in [0.5, 0.6) is 0 Å². The van der Waals surface area contributed by atoms with Crippen LogP contribution in [0.4, 0.5) is 11.4 Å². The van der Waals surface area contributed by atoms with Gasteiger partial charge in [0.05, 0.1) is 11.4 Å². The molecule has 1 aromatic carbocycles. The zero-order chi connectivity index (χ0) is 13.2. The zero-order valence-corrected chi connectivity index (χ0v) is 11.3. The number of aromatic nitrogens is 2. The largest absolute Gasteiger partial charge is 0.397 e. The van der Waals surface area contributed by atoms with Crippen LogP contribution in [0.3, 0.4) is 0 Å². The molecule has 0 bridgehead atoms. The third-order valence-corrected chi connectivity index (χ3v) is 3.83. The summed E-state index contributed by atoms with van der Waals surface area (Å²) >= 11 is 1.76. The van der Waals surface area contributed by atoms with Gasteiger partial charge in [0.1, 0.15) is 0 Å². The first kappa shape index (κ1) is 12.0. The van der Waals surface area contributed by atoms with Gasteiger partial charge in [0.2, 0.25) is 0 Å². The number of nitrogens with zero attached hydrogens (tertiary/aromatic N) is 2. The molecule has 0 spiro atoms.